The second-order valence-electron chi connectivity index (χ2n) is 2.64. The van der Waals surface area contributed by atoms with E-state index >= 15 is 0 Å². The second-order valence-corrected chi connectivity index (χ2v) is 3.50. The Bertz CT molecular complexity index is 344. The molecule has 1 heterocycles. The zero-order chi connectivity index (χ0) is 10.4. The lowest BCUT2D eigenvalue weighted by Gasteiger charge is -2.03. The van der Waals surface area contributed by atoms with Gasteiger partial charge in [0.2, 0.25) is 5.91 Å². The van der Waals surface area contributed by atoms with Gasteiger partial charge in [-0.2, -0.15) is 0 Å². The summed E-state index contributed by atoms with van der Waals surface area (Å²) in [5.74, 6) is -0.178. The number of nitrogens with one attached hydrogen (secondary N) is 1. The maximum Gasteiger partial charge on any atom is 0.307 e. The summed E-state index contributed by atoms with van der Waals surface area (Å²) in [6.07, 6.45) is 1.60. The maximum atomic E-state index is 11.2. The van der Waals surface area contributed by atoms with Gasteiger partial charge in [-0.05, 0) is 0 Å². The molecule has 14 heavy (non-hydrogen) atoms. The lowest BCUT2D eigenvalue weighted by molar-refractivity contribution is -0.121. The molecule has 0 unspecified atom stereocenters. The summed E-state index contributed by atoms with van der Waals surface area (Å²) in [5.41, 5.74) is 0. The van der Waals surface area contributed by atoms with Crippen molar-refractivity contribution in [2.45, 2.75) is 6.54 Å². The molecule has 0 bridgehead atoms. The van der Waals surface area contributed by atoms with Gasteiger partial charge in [0, 0.05) is 25.2 Å². The van der Waals surface area contributed by atoms with Crippen LogP contribution in [0.4, 0.5) is 0 Å². The fourth-order valence-electron chi connectivity index (χ4n) is 0.911. The van der Waals surface area contributed by atoms with Crippen LogP contribution in [0.1, 0.15) is 0 Å². The minimum Gasteiger partial charge on any atom is -0.383 e. The molecule has 0 aliphatic carbocycles. The van der Waals surface area contributed by atoms with E-state index in [4.69, 9.17) is 4.74 Å². The number of thiazole rings is 1. The summed E-state index contributed by atoms with van der Waals surface area (Å²) in [6, 6.07) is 0. The van der Waals surface area contributed by atoms with Gasteiger partial charge in [0.25, 0.3) is 0 Å². The molecule has 6 heteroatoms. The van der Waals surface area contributed by atoms with Crippen molar-refractivity contribution in [3.63, 3.8) is 0 Å². The average molecular weight is 216 g/mol. The van der Waals surface area contributed by atoms with E-state index in [0.29, 0.717) is 13.2 Å². The van der Waals surface area contributed by atoms with Crippen LogP contribution in [-0.2, 0) is 16.1 Å². The number of hydrogen-bond donors (Lipinski definition) is 1. The second kappa shape index (κ2) is 5.56. The fourth-order valence-corrected chi connectivity index (χ4v) is 1.50. The highest BCUT2D eigenvalue weighted by Crippen LogP contribution is 1.88. The number of rotatable bonds is 5. The third-order valence-corrected chi connectivity index (χ3v) is 2.28. The first kappa shape index (κ1) is 10.9. The molecule has 5 nitrogen and oxygen atoms in total. The van der Waals surface area contributed by atoms with Gasteiger partial charge < -0.3 is 10.1 Å². The van der Waals surface area contributed by atoms with E-state index in [-0.39, 0.29) is 17.3 Å². The van der Waals surface area contributed by atoms with E-state index in [9.17, 15) is 9.59 Å². The van der Waals surface area contributed by atoms with Crippen molar-refractivity contribution in [1.82, 2.24) is 9.88 Å². The third kappa shape index (κ3) is 3.31. The maximum absolute atomic E-state index is 11.2. The minimum atomic E-state index is -0.178. The van der Waals surface area contributed by atoms with Gasteiger partial charge in [-0.25, -0.2) is 0 Å². The van der Waals surface area contributed by atoms with Gasteiger partial charge >= 0.3 is 4.87 Å². The van der Waals surface area contributed by atoms with Gasteiger partial charge in [0.15, 0.2) is 0 Å². The van der Waals surface area contributed by atoms with Crippen LogP contribution in [-0.4, -0.2) is 30.7 Å². The van der Waals surface area contributed by atoms with Crippen LogP contribution in [0.2, 0.25) is 0 Å². The van der Waals surface area contributed by atoms with Gasteiger partial charge in [-0.15, -0.1) is 0 Å². The Kier molecular flexibility index (Phi) is 4.34. The molecule has 1 aromatic heterocycles. The van der Waals surface area contributed by atoms with Crippen LogP contribution in [0.15, 0.2) is 16.4 Å². The standard InChI is InChI=1S/C8H12N2O3S/c1-13-4-2-9-7(11)6-10-3-5-14-8(10)12/h3,5H,2,4,6H2,1H3,(H,9,11). The molecule has 78 valence electrons. The van der Waals surface area contributed by atoms with Gasteiger partial charge in [0.1, 0.15) is 6.54 Å². The summed E-state index contributed by atoms with van der Waals surface area (Å²) in [7, 11) is 1.57. The fraction of sp³-hybridized carbons (Fsp3) is 0.500. The van der Waals surface area contributed by atoms with Gasteiger partial charge in [-0.3, -0.25) is 14.2 Å². The first-order chi connectivity index (χ1) is 6.74. The summed E-state index contributed by atoms with van der Waals surface area (Å²) in [6.45, 7) is 1.02. The van der Waals surface area contributed by atoms with Crippen molar-refractivity contribution in [3.05, 3.63) is 21.2 Å². The lowest BCUT2D eigenvalue weighted by atomic mass is 10.5. The van der Waals surface area contributed by atoms with Crippen molar-refractivity contribution >= 4 is 17.2 Å². The first-order valence-corrected chi connectivity index (χ1v) is 5.01. The van der Waals surface area contributed by atoms with E-state index < -0.39 is 0 Å². The predicted octanol–water partition coefficient (Wildman–Crippen LogP) is -0.328. The molecular weight excluding hydrogens is 204 g/mol. The van der Waals surface area contributed by atoms with Gasteiger partial charge in [0.05, 0.1) is 6.61 Å². The first-order valence-electron chi connectivity index (χ1n) is 4.13. The Morgan fingerprint density at radius 1 is 1.71 bits per heavy atom. The molecular formula is C8H12N2O3S. The Balaban J connectivity index is 2.34. The molecule has 0 fully saturated rings. The number of hydrogen-bond acceptors (Lipinski definition) is 4. The van der Waals surface area contributed by atoms with Crippen LogP contribution in [0, 0.1) is 0 Å². The Labute approximate surface area is 85.3 Å². The number of carbonyl (C=O) groups is 1. The smallest absolute Gasteiger partial charge is 0.307 e. The molecule has 0 aromatic carbocycles. The summed E-state index contributed by atoms with van der Waals surface area (Å²) in [5, 5.41) is 4.29. The Hall–Kier alpha value is -1.14. The van der Waals surface area contributed by atoms with Crippen molar-refractivity contribution in [2.24, 2.45) is 0 Å². The van der Waals surface area contributed by atoms with E-state index in [1.54, 1.807) is 18.7 Å². The monoisotopic (exact) mass is 216 g/mol. The zero-order valence-electron chi connectivity index (χ0n) is 7.86. The molecule has 0 aliphatic rings. The van der Waals surface area contributed by atoms with Crippen LogP contribution in [0.5, 0.6) is 0 Å². The Morgan fingerprint density at radius 3 is 3.07 bits per heavy atom. The molecule has 0 saturated carbocycles. The molecule has 0 saturated heterocycles. The van der Waals surface area contributed by atoms with Crippen molar-refractivity contribution in [3.8, 4) is 0 Å². The van der Waals surface area contributed by atoms with E-state index in [2.05, 4.69) is 5.32 Å². The number of carbonyl (C=O) groups excluding carboxylic acids is 1. The minimum absolute atomic E-state index is 0.0754. The molecule has 0 aliphatic heterocycles. The van der Waals surface area contributed by atoms with Crippen LogP contribution in [0.3, 0.4) is 0 Å². The summed E-state index contributed by atoms with van der Waals surface area (Å²) >= 11 is 1.08. The predicted molar refractivity (Wildman–Crippen MR) is 53.5 cm³/mol. The lowest BCUT2D eigenvalue weighted by Crippen LogP contribution is -2.32. The normalized spacial score (nSPS) is 10.1. The Morgan fingerprint density at radius 2 is 2.50 bits per heavy atom. The highest BCUT2D eigenvalue weighted by Gasteiger charge is 2.03. The number of ether oxygens (including phenoxy) is 1. The van der Waals surface area contributed by atoms with Crippen LogP contribution in [0.25, 0.3) is 0 Å². The highest BCUT2D eigenvalue weighted by molar-refractivity contribution is 7.07. The molecule has 1 aromatic rings. The van der Waals surface area contributed by atoms with Crippen LogP contribution >= 0.6 is 11.3 Å². The van der Waals surface area contributed by atoms with Crippen molar-refractivity contribution in [1.29, 1.82) is 0 Å². The number of aromatic nitrogens is 1. The molecule has 1 rings (SSSR count). The van der Waals surface area contributed by atoms with Gasteiger partial charge in [-0.1, -0.05) is 11.3 Å². The number of amides is 1. The zero-order valence-corrected chi connectivity index (χ0v) is 8.67. The molecule has 0 atom stereocenters. The molecule has 0 spiro atoms. The van der Waals surface area contributed by atoms with E-state index in [0.717, 1.165) is 11.3 Å². The van der Waals surface area contributed by atoms with E-state index in [1.165, 1.54) is 4.57 Å². The van der Waals surface area contributed by atoms with Crippen molar-refractivity contribution in [2.75, 3.05) is 20.3 Å². The molecule has 0 radical (unpaired) electrons. The number of nitrogens with zero attached hydrogens (tertiary/aromatic N) is 1. The molecule has 1 N–H and O–H groups in total. The number of methoxy groups -OCH3 is 1. The third-order valence-electron chi connectivity index (χ3n) is 1.59. The molecule has 1 amide bonds. The largest absolute Gasteiger partial charge is 0.383 e. The topological polar surface area (TPSA) is 60.3 Å². The van der Waals surface area contributed by atoms with Crippen LogP contribution < -0.4 is 10.2 Å². The average Bonchev–Trinajstić information content (AvgIpc) is 2.52. The highest BCUT2D eigenvalue weighted by atomic mass is 32.1. The summed E-state index contributed by atoms with van der Waals surface area (Å²) in [4.78, 5) is 22.2. The SMILES string of the molecule is COCCNC(=O)Cn1ccsc1=O. The quantitative estimate of drug-likeness (QED) is 0.686. The summed E-state index contributed by atoms with van der Waals surface area (Å²) < 4.78 is 6.14. The van der Waals surface area contributed by atoms with E-state index in [1.807, 2.05) is 0 Å². The van der Waals surface area contributed by atoms with Crippen molar-refractivity contribution < 1.29 is 9.53 Å².